The summed E-state index contributed by atoms with van der Waals surface area (Å²) in [6.45, 7) is 7.57. The van der Waals surface area contributed by atoms with Crippen LogP contribution in [-0.2, 0) is 6.54 Å². The van der Waals surface area contributed by atoms with Gasteiger partial charge in [0.1, 0.15) is 0 Å². The van der Waals surface area contributed by atoms with Crippen LogP contribution in [0, 0.1) is 0 Å². The van der Waals surface area contributed by atoms with E-state index in [2.05, 4.69) is 54.0 Å². The van der Waals surface area contributed by atoms with Crippen LogP contribution in [0.1, 0.15) is 44.8 Å². The predicted molar refractivity (Wildman–Crippen MR) is 76.7 cm³/mol. The molecular formula is C14H28N4. The van der Waals surface area contributed by atoms with Crippen LogP contribution in [0.25, 0.3) is 0 Å². The van der Waals surface area contributed by atoms with E-state index in [1.165, 1.54) is 12.1 Å². The molecule has 1 aromatic heterocycles. The minimum atomic E-state index is 0.418. The summed E-state index contributed by atoms with van der Waals surface area (Å²) in [6.07, 6.45) is 5.34. The van der Waals surface area contributed by atoms with E-state index < -0.39 is 0 Å². The molecule has 0 aliphatic heterocycles. The average Bonchev–Trinajstić information content (AvgIpc) is 2.78. The quantitative estimate of drug-likeness (QED) is 0.732. The molecule has 104 valence electrons. The van der Waals surface area contributed by atoms with Crippen LogP contribution < -0.4 is 5.32 Å². The second-order valence-electron chi connectivity index (χ2n) is 5.08. The van der Waals surface area contributed by atoms with Gasteiger partial charge in [0.2, 0.25) is 0 Å². The normalized spacial score (nSPS) is 13.2. The molecule has 1 aromatic rings. The summed E-state index contributed by atoms with van der Waals surface area (Å²) in [7, 11) is 4.25. The Hall–Kier alpha value is -0.870. The molecule has 18 heavy (non-hydrogen) atoms. The number of hydrogen-bond acceptors (Lipinski definition) is 3. The number of hydrogen-bond donors (Lipinski definition) is 1. The first-order valence-corrected chi connectivity index (χ1v) is 7.08. The maximum Gasteiger partial charge on any atom is 0.0554 e. The highest BCUT2D eigenvalue weighted by molar-refractivity contribution is 5.07. The lowest BCUT2D eigenvalue weighted by Crippen LogP contribution is -2.28. The predicted octanol–water partition coefficient (Wildman–Crippen LogP) is 2.29. The molecule has 1 unspecified atom stereocenters. The molecule has 1 heterocycles. The zero-order chi connectivity index (χ0) is 13.4. The molecule has 0 bridgehead atoms. The zero-order valence-electron chi connectivity index (χ0n) is 12.3. The van der Waals surface area contributed by atoms with Gasteiger partial charge in [0.25, 0.3) is 0 Å². The first-order chi connectivity index (χ1) is 8.69. The Bertz CT molecular complexity index is 319. The molecule has 1 N–H and O–H groups in total. The molecule has 4 nitrogen and oxygen atoms in total. The van der Waals surface area contributed by atoms with Gasteiger partial charge in [-0.25, -0.2) is 0 Å². The van der Waals surface area contributed by atoms with Crippen molar-refractivity contribution in [3.63, 3.8) is 0 Å². The minimum Gasteiger partial charge on any atom is -0.309 e. The van der Waals surface area contributed by atoms with Crippen molar-refractivity contribution >= 4 is 0 Å². The zero-order valence-corrected chi connectivity index (χ0v) is 12.3. The molecule has 0 aliphatic rings. The molecule has 1 rings (SSSR count). The number of nitrogens with zero attached hydrogens (tertiary/aromatic N) is 3. The summed E-state index contributed by atoms with van der Waals surface area (Å²) in [5, 5.41) is 8.06. The second kappa shape index (κ2) is 8.27. The van der Waals surface area contributed by atoms with E-state index in [0.717, 1.165) is 32.5 Å². The third kappa shape index (κ3) is 4.78. The Kier molecular flexibility index (Phi) is 6.98. The summed E-state index contributed by atoms with van der Waals surface area (Å²) in [5.74, 6) is 0. The SMILES string of the molecule is CCCNC(CCN(C)C)c1ccnn1CCC. The molecule has 0 amide bonds. The molecule has 0 aliphatic carbocycles. The monoisotopic (exact) mass is 252 g/mol. The standard InChI is InChI=1S/C14H28N4/c1-5-9-15-13(8-12-17(3)4)14-7-10-16-18(14)11-6-2/h7,10,13,15H,5-6,8-9,11-12H2,1-4H3. The van der Waals surface area contributed by atoms with E-state index in [-0.39, 0.29) is 0 Å². The van der Waals surface area contributed by atoms with Gasteiger partial charge >= 0.3 is 0 Å². The fourth-order valence-electron chi connectivity index (χ4n) is 2.10. The van der Waals surface area contributed by atoms with Gasteiger partial charge in [-0.2, -0.15) is 5.10 Å². The van der Waals surface area contributed by atoms with Crippen LogP contribution in [0.3, 0.4) is 0 Å². The van der Waals surface area contributed by atoms with E-state index in [9.17, 15) is 0 Å². The van der Waals surface area contributed by atoms with Crippen molar-refractivity contribution in [3.05, 3.63) is 18.0 Å². The smallest absolute Gasteiger partial charge is 0.0554 e. The molecule has 4 heteroatoms. The highest BCUT2D eigenvalue weighted by atomic mass is 15.3. The molecule has 0 fully saturated rings. The maximum absolute atomic E-state index is 4.43. The van der Waals surface area contributed by atoms with Crippen molar-refractivity contribution in [1.82, 2.24) is 20.0 Å². The van der Waals surface area contributed by atoms with Crippen LogP contribution in [0.5, 0.6) is 0 Å². The number of rotatable bonds is 9. The lowest BCUT2D eigenvalue weighted by Gasteiger charge is -2.21. The molecule has 0 spiro atoms. The highest BCUT2D eigenvalue weighted by Gasteiger charge is 2.15. The van der Waals surface area contributed by atoms with Gasteiger partial charge in [-0.3, -0.25) is 4.68 Å². The summed E-state index contributed by atoms with van der Waals surface area (Å²) < 4.78 is 2.14. The molecule has 0 saturated heterocycles. The third-order valence-electron chi connectivity index (χ3n) is 3.05. The van der Waals surface area contributed by atoms with E-state index in [0.29, 0.717) is 6.04 Å². The lowest BCUT2D eigenvalue weighted by atomic mass is 10.1. The summed E-state index contributed by atoms with van der Waals surface area (Å²) in [5.41, 5.74) is 1.33. The number of aryl methyl sites for hydroxylation is 1. The lowest BCUT2D eigenvalue weighted by molar-refractivity contribution is 0.350. The van der Waals surface area contributed by atoms with Crippen LogP contribution >= 0.6 is 0 Å². The largest absolute Gasteiger partial charge is 0.309 e. The fraction of sp³-hybridized carbons (Fsp3) is 0.786. The molecule has 0 radical (unpaired) electrons. The number of aromatic nitrogens is 2. The summed E-state index contributed by atoms with van der Waals surface area (Å²) >= 11 is 0. The summed E-state index contributed by atoms with van der Waals surface area (Å²) in [6, 6.07) is 2.57. The van der Waals surface area contributed by atoms with Gasteiger partial charge in [-0.05, 0) is 52.5 Å². The van der Waals surface area contributed by atoms with Gasteiger partial charge in [0.15, 0.2) is 0 Å². The Morgan fingerprint density at radius 1 is 1.33 bits per heavy atom. The maximum atomic E-state index is 4.43. The van der Waals surface area contributed by atoms with Crippen molar-refractivity contribution in [2.45, 2.75) is 45.7 Å². The van der Waals surface area contributed by atoms with Gasteiger partial charge in [-0.15, -0.1) is 0 Å². The van der Waals surface area contributed by atoms with Crippen LogP contribution in [0.4, 0.5) is 0 Å². The Balaban J connectivity index is 2.69. The Morgan fingerprint density at radius 3 is 2.72 bits per heavy atom. The Labute approximate surface area is 111 Å². The van der Waals surface area contributed by atoms with E-state index in [4.69, 9.17) is 0 Å². The molecule has 0 saturated carbocycles. The summed E-state index contributed by atoms with van der Waals surface area (Å²) in [4.78, 5) is 2.24. The van der Waals surface area contributed by atoms with Gasteiger partial charge in [-0.1, -0.05) is 13.8 Å². The first-order valence-electron chi connectivity index (χ1n) is 7.08. The Morgan fingerprint density at radius 2 is 2.11 bits per heavy atom. The molecule has 1 atom stereocenters. The van der Waals surface area contributed by atoms with Crippen molar-refractivity contribution < 1.29 is 0 Å². The minimum absolute atomic E-state index is 0.418. The number of nitrogens with one attached hydrogen (secondary N) is 1. The van der Waals surface area contributed by atoms with E-state index in [1.54, 1.807) is 0 Å². The fourth-order valence-corrected chi connectivity index (χ4v) is 2.10. The first kappa shape index (κ1) is 15.2. The van der Waals surface area contributed by atoms with E-state index in [1.807, 2.05) is 6.20 Å². The molecular weight excluding hydrogens is 224 g/mol. The highest BCUT2D eigenvalue weighted by Crippen LogP contribution is 2.17. The van der Waals surface area contributed by atoms with Crippen LogP contribution in [-0.4, -0.2) is 41.9 Å². The van der Waals surface area contributed by atoms with Gasteiger partial charge < -0.3 is 10.2 Å². The van der Waals surface area contributed by atoms with Gasteiger partial charge in [0.05, 0.1) is 11.7 Å². The van der Waals surface area contributed by atoms with Crippen molar-refractivity contribution in [2.75, 3.05) is 27.2 Å². The van der Waals surface area contributed by atoms with Crippen molar-refractivity contribution in [1.29, 1.82) is 0 Å². The van der Waals surface area contributed by atoms with Crippen LogP contribution in [0.15, 0.2) is 12.3 Å². The molecule has 0 aromatic carbocycles. The second-order valence-corrected chi connectivity index (χ2v) is 5.08. The van der Waals surface area contributed by atoms with Crippen molar-refractivity contribution in [3.8, 4) is 0 Å². The van der Waals surface area contributed by atoms with E-state index >= 15 is 0 Å². The van der Waals surface area contributed by atoms with Crippen molar-refractivity contribution in [2.24, 2.45) is 0 Å². The average molecular weight is 252 g/mol. The third-order valence-corrected chi connectivity index (χ3v) is 3.05. The van der Waals surface area contributed by atoms with Gasteiger partial charge in [0, 0.05) is 12.7 Å². The van der Waals surface area contributed by atoms with Crippen LogP contribution in [0.2, 0.25) is 0 Å². The topological polar surface area (TPSA) is 33.1 Å².